The highest BCUT2D eigenvalue weighted by atomic mass is 16.5. The molecule has 110 valence electrons. The van der Waals surface area contributed by atoms with Crippen LogP contribution in [0.2, 0.25) is 0 Å². The van der Waals surface area contributed by atoms with E-state index in [0.29, 0.717) is 0 Å². The highest BCUT2D eigenvalue weighted by molar-refractivity contribution is 5.77. The molecule has 0 spiro atoms. The van der Waals surface area contributed by atoms with E-state index in [1.807, 2.05) is 0 Å². The zero-order valence-corrected chi connectivity index (χ0v) is 12.4. The lowest BCUT2D eigenvalue weighted by Crippen LogP contribution is -2.53. The largest absolute Gasteiger partial charge is 0.461 e. The van der Waals surface area contributed by atoms with Gasteiger partial charge in [0.2, 0.25) is 0 Å². The lowest BCUT2D eigenvalue weighted by Gasteiger charge is -2.38. The zero-order chi connectivity index (χ0) is 13.9. The normalized spacial score (nSPS) is 34.8. The first-order valence-corrected chi connectivity index (χ1v) is 7.49. The Hall–Kier alpha value is -0.610. The maximum absolute atomic E-state index is 12.4. The van der Waals surface area contributed by atoms with Gasteiger partial charge in [-0.1, -0.05) is 13.8 Å². The Kier molecular flexibility index (Phi) is 4.85. The second-order valence-corrected chi connectivity index (χ2v) is 6.56. The molecule has 0 radical (unpaired) electrons. The van der Waals surface area contributed by atoms with Crippen molar-refractivity contribution in [3.63, 3.8) is 0 Å². The molecule has 0 aromatic heterocycles. The number of methoxy groups -OCH3 is 1. The van der Waals surface area contributed by atoms with Crippen LogP contribution in [0.1, 0.15) is 52.4 Å². The van der Waals surface area contributed by atoms with Crippen LogP contribution in [0.3, 0.4) is 0 Å². The molecule has 0 amide bonds. The molecule has 0 aromatic rings. The number of carbonyl (C=O) groups excluding carboxylic acids is 1. The van der Waals surface area contributed by atoms with E-state index < -0.39 is 0 Å². The summed E-state index contributed by atoms with van der Waals surface area (Å²) in [5, 5.41) is 3.32. The Morgan fingerprint density at radius 3 is 2.63 bits per heavy atom. The summed E-state index contributed by atoms with van der Waals surface area (Å²) in [6.45, 7) is 5.20. The topological polar surface area (TPSA) is 47.6 Å². The second kappa shape index (κ2) is 6.23. The van der Waals surface area contributed by atoms with Crippen LogP contribution in [-0.2, 0) is 14.3 Å². The minimum absolute atomic E-state index is 0.00927. The van der Waals surface area contributed by atoms with Gasteiger partial charge in [-0.2, -0.15) is 0 Å². The van der Waals surface area contributed by atoms with E-state index in [0.717, 1.165) is 45.1 Å². The first-order valence-electron chi connectivity index (χ1n) is 7.49. The van der Waals surface area contributed by atoms with Gasteiger partial charge in [0, 0.05) is 13.5 Å². The summed E-state index contributed by atoms with van der Waals surface area (Å²) in [7, 11) is 1.74. The van der Waals surface area contributed by atoms with Gasteiger partial charge in [0.25, 0.3) is 0 Å². The monoisotopic (exact) mass is 269 g/mol. The molecule has 4 nitrogen and oxygen atoms in total. The number of hydrogen-bond donors (Lipinski definition) is 1. The fourth-order valence-electron chi connectivity index (χ4n) is 3.27. The third-order valence-corrected chi connectivity index (χ3v) is 4.56. The van der Waals surface area contributed by atoms with Crippen molar-refractivity contribution in [1.29, 1.82) is 0 Å². The summed E-state index contributed by atoms with van der Waals surface area (Å²) in [6.07, 6.45) is 6.46. The van der Waals surface area contributed by atoms with Crippen molar-refractivity contribution in [2.75, 3.05) is 13.7 Å². The Balaban J connectivity index is 1.89. The molecule has 1 N–H and O–H groups in total. The predicted molar refractivity (Wildman–Crippen MR) is 74.0 cm³/mol. The number of piperidine rings is 1. The van der Waals surface area contributed by atoms with E-state index in [1.165, 1.54) is 0 Å². The van der Waals surface area contributed by atoms with Gasteiger partial charge in [0.15, 0.2) is 0 Å². The summed E-state index contributed by atoms with van der Waals surface area (Å²) in [4.78, 5) is 12.4. The van der Waals surface area contributed by atoms with E-state index in [4.69, 9.17) is 9.47 Å². The van der Waals surface area contributed by atoms with Crippen LogP contribution in [0.25, 0.3) is 0 Å². The molecule has 1 saturated heterocycles. The number of hydrogen-bond acceptors (Lipinski definition) is 4. The quantitative estimate of drug-likeness (QED) is 0.798. The number of carbonyl (C=O) groups is 1. The van der Waals surface area contributed by atoms with E-state index >= 15 is 0 Å². The fraction of sp³-hybridized carbons (Fsp3) is 0.933. The molecule has 3 unspecified atom stereocenters. The van der Waals surface area contributed by atoms with Gasteiger partial charge in [-0.15, -0.1) is 0 Å². The third-order valence-electron chi connectivity index (χ3n) is 4.56. The second-order valence-electron chi connectivity index (χ2n) is 6.56. The minimum atomic E-state index is -0.163. The van der Waals surface area contributed by atoms with Crippen LogP contribution >= 0.6 is 0 Å². The van der Waals surface area contributed by atoms with Crippen LogP contribution in [0.5, 0.6) is 0 Å². The van der Waals surface area contributed by atoms with Crippen molar-refractivity contribution >= 4 is 5.97 Å². The molecule has 1 saturated carbocycles. The van der Waals surface area contributed by atoms with E-state index in [-0.39, 0.29) is 29.6 Å². The van der Waals surface area contributed by atoms with Crippen LogP contribution in [0.15, 0.2) is 0 Å². The van der Waals surface area contributed by atoms with Crippen molar-refractivity contribution < 1.29 is 14.3 Å². The molecule has 0 bridgehead atoms. The first kappa shape index (κ1) is 14.8. The molecule has 19 heavy (non-hydrogen) atoms. The first-order chi connectivity index (χ1) is 9.03. The molecule has 2 aliphatic rings. The molecule has 1 heterocycles. The molecule has 3 atom stereocenters. The summed E-state index contributed by atoms with van der Waals surface area (Å²) in [5.74, 6) is -0.0774. The Bertz CT molecular complexity index is 317. The van der Waals surface area contributed by atoms with Gasteiger partial charge in [0.05, 0.1) is 6.10 Å². The molecule has 4 heteroatoms. The number of nitrogens with one attached hydrogen (secondary N) is 1. The third kappa shape index (κ3) is 3.69. The van der Waals surface area contributed by atoms with Crippen molar-refractivity contribution in [2.45, 2.75) is 70.6 Å². The summed E-state index contributed by atoms with van der Waals surface area (Å²) in [6, 6.07) is -0.163. The van der Waals surface area contributed by atoms with Gasteiger partial charge in [-0.25, -0.2) is 0 Å². The summed E-state index contributed by atoms with van der Waals surface area (Å²) in [5.41, 5.74) is -0.00927. The maximum Gasteiger partial charge on any atom is 0.323 e. The summed E-state index contributed by atoms with van der Waals surface area (Å²) >= 11 is 0. The molecule has 1 aliphatic heterocycles. The van der Waals surface area contributed by atoms with Crippen LogP contribution < -0.4 is 5.32 Å². The number of rotatable bonds is 3. The Labute approximate surface area is 116 Å². The SMILES string of the molecule is COC1CCCC(OC(=O)C2NCCCC2(C)C)C1. The minimum Gasteiger partial charge on any atom is -0.461 e. The van der Waals surface area contributed by atoms with E-state index in [1.54, 1.807) is 7.11 Å². The summed E-state index contributed by atoms with van der Waals surface area (Å²) < 4.78 is 11.1. The van der Waals surface area contributed by atoms with Gasteiger partial charge in [0.1, 0.15) is 12.1 Å². The smallest absolute Gasteiger partial charge is 0.323 e. The maximum atomic E-state index is 12.4. The molecule has 2 fully saturated rings. The highest BCUT2D eigenvalue weighted by Crippen LogP contribution is 2.32. The van der Waals surface area contributed by atoms with Crippen molar-refractivity contribution in [1.82, 2.24) is 5.32 Å². The zero-order valence-electron chi connectivity index (χ0n) is 12.4. The molecular weight excluding hydrogens is 242 g/mol. The van der Waals surface area contributed by atoms with E-state index in [9.17, 15) is 4.79 Å². The number of esters is 1. The Morgan fingerprint density at radius 1 is 1.21 bits per heavy atom. The van der Waals surface area contributed by atoms with Gasteiger partial charge < -0.3 is 14.8 Å². The average molecular weight is 269 g/mol. The fourth-order valence-corrected chi connectivity index (χ4v) is 3.27. The van der Waals surface area contributed by atoms with Crippen LogP contribution in [0, 0.1) is 5.41 Å². The van der Waals surface area contributed by atoms with Gasteiger partial charge in [-0.3, -0.25) is 4.79 Å². The average Bonchev–Trinajstić information content (AvgIpc) is 2.38. The van der Waals surface area contributed by atoms with Crippen molar-refractivity contribution in [3.8, 4) is 0 Å². The molecule has 0 aromatic carbocycles. The Morgan fingerprint density at radius 2 is 1.95 bits per heavy atom. The van der Waals surface area contributed by atoms with Crippen LogP contribution in [-0.4, -0.2) is 37.9 Å². The van der Waals surface area contributed by atoms with Gasteiger partial charge >= 0.3 is 5.97 Å². The lowest BCUT2D eigenvalue weighted by atomic mass is 9.77. The predicted octanol–water partition coefficient (Wildman–Crippen LogP) is 2.27. The lowest BCUT2D eigenvalue weighted by molar-refractivity contribution is -0.159. The van der Waals surface area contributed by atoms with Crippen LogP contribution in [0.4, 0.5) is 0 Å². The van der Waals surface area contributed by atoms with E-state index in [2.05, 4.69) is 19.2 Å². The highest BCUT2D eigenvalue weighted by Gasteiger charge is 2.39. The molecule has 2 rings (SSSR count). The van der Waals surface area contributed by atoms with Gasteiger partial charge in [-0.05, 0) is 44.1 Å². The molecule has 1 aliphatic carbocycles. The van der Waals surface area contributed by atoms with Crippen molar-refractivity contribution in [3.05, 3.63) is 0 Å². The standard InChI is InChI=1S/C15H27NO3/c1-15(2)8-5-9-16-13(15)14(17)19-12-7-4-6-11(10-12)18-3/h11-13,16H,4-10H2,1-3H3. The van der Waals surface area contributed by atoms with Crippen molar-refractivity contribution in [2.24, 2.45) is 5.41 Å². The number of ether oxygens (including phenoxy) is 2. The molecular formula is C15H27NO3.